The molecule has 2 N–H and O–H groups in total. The number of hydrogen-bond acceptors (Lipinski definition) is 3. The van der Waals surface area contributed by atoms with Crippen LogP contribution in [0.5, 0.6) is 0 Å². The van der Waals surface area contributed by atoms with Gasteiger partial charge < -0.3 is 10.6 Å². The van der Waals surface area contributed by atoms with Crippen LogP contribution in [0.3, 0.4) is 0 Å². The Morgan fingerprint density at radius 2 is 2.06 bits per heavy atom. The first-order valence-electron chi connectivity index (χ1n) is 6.49. The summed E-state index contributed by atoms with van der Waals surface area (Å²) in [4.78, 5) is 0. The standard InChI is InChI=1S/C13H26N4/c1-6-7-14-8-10(2)15-9-13-11(3)16-17(5)12(13)4/h10,14-15H,6-9H2,1-5H3. The largest absolute Gasteiger partial charge is 0.315 e. The molecular formula is C13H26N4. The lowest BCUT2D eigenvalue weighted by Gasteiger charge is -2.14. The molecule has 0 aliphatic heterocycles. The molecule has 1 atom stereocenters. The van der Waals surface area contributed by atoms with Crippen molar-refractivity contribution < 1.29 is 0 Å². The average molecular weight is 238 g/mol. The number of aryl methyl sites for hydroxylation is 2. The van der Waals surface area contributed by atoms with E-state index in [4.69, 9.17) is 0 Å². The first-order chi connectivity index (χ1) is 8.06. The van der Waals surface area contributed by atoms with Crippen LogP contribution in [0.25, 0.3) is 0 Å². The second-order valence-corrected chi connectivity index (χ2v) is 4.76. The summed E-state index contributed by atoms with van der Waals surface area (Å²) in [5, 5.41) is 11.4. The van der Waals surface area contributed by atoms with Crippen LogP contribution in [0.2, 0.25) is 0 Å². The van der Waals surface area contributed by atoms with Crippen molar-refractivity contribution >= 4 is 0 Å². The lowest BCUT2D eigenvalue weighted by atomic mass is 10.2. The Hall–Kier alpha value is -0.870. The van der Waals surface area contributed by atoms with E-state index in [0.717, 1.165) is 25.3 Å². The highest BCUT2D eigenvalue weighted by Crippen LogP contribution is 2.11. The van der Waals surface area contributed by atoms with Crippen LogP contribution in [0, 0.1) is 13.8 Å². The molecule has 1 aromatic rings. The van der Waals surface area contributed by atoms with Gasteiger partial charge in [-0.05, 0) is 33.7 Å². The maximum Gasteiger partial charge on any atom is 0.0641 e. The van der Waals surface area contributed by atoms with E-state index >= 15 is 0 Å². The van der Waals surface area contributed by atoms with Crippen LogP contribution in [0.4, 0.5) is 0 Å². The molecule has 0 aromatic carbocycles. The van der Waals surface area contributed by atoms with Gasteiger partial charge >= 0.3 is 0 Å². The SMILES string of the molecule is CCCNCC(C)NCc1c(C)nn(C)c1C. The lowest BCUT2D eigenvalue weighted by Crippen LogP contribution is -2.36. The molecule has 0 saturated heterocycles. The average Bonchev–Trinajstić information content (AvgIpc) is 2.51. The van der Waals surface area contributed by atoms with Crippen LogP contribution in [0.15, 0.2) is 0 Å². The Morgan fingerprint density at radius 3 is 2.59 bits per heavy atom. The highest BCUT2D eigenvalue weighted by atomic mass is 15.3. The fraction of sp³-hybridized carbons (Fsp3) is 0.769. The van der Waals surface area contributed by atoms with E-state index < -0.39 is 0 Å². The predicted molar refractivity (Wildman–Crippen MR) is 72.1 cm³/mol. The van der Waals surface area contributed by atoms with Gasteiger partial charge in [0, 0.05) is 37.4 Å². The van der Waals surface area contributed by atoms with Crippen molar-refractivity contribution in [2.24, 2.45) is 7.05 Å². The molecule has 0 aliphatic carbocycles. The molecule has 0 radical (unpaired) electrons. The summed E-state index contributed by atoms with van der Waals surface area (Å²) in [5.74, 6) is 0. The van der Waals surface area contributed by atoms with E-state index in [2.05, 4.69) is 43.4 Å². The zero-order chi connectivity index (χ0) is 12.8. The number of nitrogens with one attached hydrogen (secondary N) is 2. The second-order valence-electron chi connectivity index (χ2n) is 4.76. The summed E-state index contributed by atoms with van der Waals surface area (Å²) in [7, 11) is 2.00. The fourth-order valence-corrected chi connectivity index (χ4v) is 1.92. The second kappa shape index (κ2) is 6.77. The van der Waals surface area contributed by atoms with Gasteiger partial charge in [0.05, 0.1) is 5.69 Å². The van der Waals surface area contributed by atoms with Gasteiger partial charge in [-0.25, -0.2) is 0 Å². The van der Waals surface area contributed by atoms with Gasteiger partial charge in [0.15, 0.2) is 0 Å². The molecule has 0 amide bonds. The quantitative estimate of drug-likeness (QED) is 0.708. The van der Waals surface area contributed by atoms with E-state index in [1.165, 1.54) is 17.7 Å². The summed E-state index contributed by atoms with van der Waals surface area (Å²) < 4.78 is 1.95. The van der Waals surface area contributed by atoms with Crippen molar-refractivity contribution in [3.8, 4) is 0 Å². The Bertz CT molecular complexity index is 343. The van der Waals surface area contributed by atoms with Gasteiger partial charge in [0.25, 0.3) is 0 Å². The van der Waals surface area contributed by atoms with Gasteiger partial charge in [-0.15, -0.1) is 0 Å². The zero-order valence-corrected chi connectivity index (χ0v) is 11.8. The normalized spacial score (nSPS) is 13.0. The third-order valence-electron chi connectivity index (χ3n) is 3.16. The van der Waals surface area contributed by atoms with Crippen LogP contribution >= 0.6 is 0 Å². The van der Waals surface area contributed by atoms with E-state index in [-0.39, 0.29) is 0 Å². The number of aromatic nitrogens is 2. The van der Waals surface area contributed by atoms with Crippen molar-refractivity contribution in [1.82, 2.24) is 20.4 Å². The predicted octanol–water partition coefficient (Wildman–Crippen LogP) is 1.51. The van der Waals surface area contributed by atoms with Crippen LogP contribution in [-0.4, -0.2) is 28.9 Å². The minimum absolute atomic E-state index is 0.487. The van der Waals surface area contributed by atoms with Crippen molar-refractivity contribution in [2.75, 3.05) is 13.1 Å². The van der Waals surface area contributed by atoms with Gasteiger partial charge in [-0.3, -0.25) is 4.68 Å². The molecule has 1 unspecified atom stereocenters. The molecule has 1 aromatic heterocycles. The monoisotopic (exact) mass is 238 g/mol. The van der Waals surface area contributed by atoms with Crippen LogP contribution in [-0.2, 0) is 13.6 Å². The summed E-state index contributed by atoms with van der Waals surface area (Å²) in [6.45, 7) is 11.6. The van der Waals surface area contributed by atoms with Gasteiger partial charge in [0.1, 0.15) is 0 Å². The third kappa shape index (κ3) is 4.13. The zero-order valence-electron chi connectivity index (χ0n) is 11.8. The van der Waals surface area contributed by atoms with Crippen LogP contribution in [0.1, 0.15) is 37.2 Å². The first kappa shape index (κ1) is 14.2. The Balaban J connectivity index is 2.39. The van der Waals surface area contributed by atoms with E-state index in [1.54, 1.807) is 0 Å². The van der Waals surface area contributed by atoms with Crippen molar-refractivity contribution in [3.05, 3.63) is 17.0 Å². The lowest BCUT2D eigenvalue weighted by molar-refractivity contribution is 0.500. The van der Waals surface area contributed by atoms with Crippen molar-refractivity contribution in [2.45, 2.75) is 46.7 Å². The molecule has 17 heavy (non-hydrogen) atoms. The Morgan fingerprint density at radius 1 is 1.35 bits per heavy atom. The molecule has 0 bridgehead atoms. The topological polar surface area (TPSA) is 41.9 Å². The van der Waals surface area contributed by atoms with Gasteiger partial charge in [-0.2, -0.15) is 5.10 Å². The third-order valence-corrected chi connectivity index (χ3v) is 3.16. The number of nitrogens with zero attached hydrogens (tertiary/aromatic N) is 2. The first-order valence-corrected chi connectivity index (χ1v) is 6.49. The highest BCUT2D eigenvalue weighted by molar-refractivity contribution is 5.24. The minimum Gasteiger partial charge on any atom is -0.315 e. The molecule has 0 spiro atoms. The van der Waals surface area contributed by atoms with E-state index in [9.17, 15) is 0 Å². The van der Waals surface area contributed by atoms with E-state index in [1.807, 2.05) is 11.7 Å². The number of rotatable bonds is 7. The van der Waals surface area contributed by atoms with Gasteiger partial charge in [0.2, 0.25) is 0 Å². The molecule has 4 heteroatoms. The van der Waals surface area contributed by atoms with Crippen LogP contribution < -0.4 is 10.6 Å². The maximum absolute atomic E-state index is 4.43. The number of hydrogen-bond donors (Lipinski definition) is 2. The Kier molecular flexibility index (Phi) is 5.65. The molecule has 0 fully saturated rings. The smallest absolute Gasteiger partial charge is 0.0641 e. The highest BCUT2D eigenvalue weighted by Gasteiger charge is 2.09. The molecule has 1 rings (SSSR count). The van der Waals surface area contributed by atoms with Crippen molar-refractivity contribution in [3.63, 3.8) is 0 Å². The Labute approximate surface area is 105 Å². The molecule has 0 aliphatic rings. The molecular weight excluding hydrogens is 212 g/mol. The molecule has 98 valence electrons. The summed E-state index contributed by atoms with van der Waals surface area (Å²) >= 11 is 0. The maximum atomic E-state index is 4.43. The van der Waals surface area contributed by atoms with Crippen molar-refractivity contribution in [1.29, 1.82) is 0 Å². The van der Waals surface area contributed by atoms with Gasteiger partial charge in [-0.1, -0.05) is 6.92 Å². The summed E-state index contributed by atoms with van der Waals surface area (Å²) in [6.07, 6.45) is 1.19. The fourth-order valence-electron chi connectivity index (χ4n) is 1.92. The van der Waals surface area contributed by atoms with E-state index in [0.29, 0.717) is 6.04 Å². The molecule has 4 nitrogen and oxygen atoms in total. The minimum atomic E-state index is 0.487. The summed E-state index contributed by atoms with van der Waals surface area (Å²) in [5.41, 5.74) is 3.71. The molecule has 1 heterocycles. The summed E-state index contributed by atoms with van der Waals surface area (Å²) in [6, 6.07) is 0.487. The molecule has 0 saturated carbocycles.